The van der Waals surface area contributed by atoms with Gasteiger partial charge in [-0.3, -0.25) is 0 Å². The number of methoxy groups -OCH3 is 2. The summed E-state index contributed by atoms with van der Waals surface area (Å²) < 4.78 is 16.5. The van der Waals surface area contributed by atoms with Gasteiger partial charge < -0.3 is 13.9 Å². The highest BCUT2D eigenvalue weighted by atomic mass is 16.5. The van der Waals surface area contributed by atoms with Gasteiger partial charge in [0.25, 0.3) is 0 Å². The predicted octanol–water partition coefficient (Wildman–Crippen LogP) is 3.79. The smallest absolute Gasteiger partial charge is 0.179 e. The lowest BCUT2D eigenvalue weighted by Crippen LogP contribution is -1.86. The van der Waals surface area contributed by atoms with E-state index in [0.29, 0.717) is 0 Å². The Morgan fingerprint density at radius 2 is 1.82 bits per heavy atom. The Balaban J connectivity index is 2.48. The molecule has 0 bridgehead atoms. The van der Waals surface area contributed by atoms with Crippen molar-refractivity contribution in [1.82, 2.24) is 0 Å². The number of benzene rings is 1. The largest absolute Gasteiger partial charge is 0.496 e. The molecule has 1 aromatic carbocycles. The lowest BCUT2D eigenvalue weighted by molar-refractivity contribution is 0.401. The fourth-order valence-corrected chi connectivity index (χ4v) is 1.94. The molecule has 0 N–H and O–H groups in total. The molecule has 0 radical (unpaired) electrons. The van der Waals surface area contributed by atoms with Crippen LogP contribution in [0.3, 0.4) is 0 Å². The van der Waals surface area contributed by atoms with Crippen molar-refractivity contribution in [1.29, 1.82) is 0 Å². The Kier molecular flexibility index (Phi) is 3.57. The number of unbranched alkanes of at least 4 members (excludes halogenated alkanes) is 1. The Morgan fingerprint density at radius 3 is 2.47 bits per heavy atom. The van der Waals surface area contributed by atoms with Crippen LogP contribution in [0.1, 0.15) is 25.5 Å². The lowest BCUT2D eigenvalue weighted by Gasteiger charge is -2.04. The van der Waals surface area contributed by atoms with Gasteiger partial charge in [-0.1, -0.05) is 13.3 Å². The zero-order valence-corrected chi connectivity index (χ0v) is 10.6. The van der Waals surface area contributed by atoms with Crippen molar-refractivity contribution in [2.45, 2.75) is 26.2 Å². The van der Waals surface area contributed by atoms with Gasteiger partial charge in [0.15, 0.2) is 11.3 Å². The van der Waals surface area contributed by atoms with Gasteiger partial charge >= 0.3 is 0 Å². The second-order valence-electron chi connectivity index (χ2n) is 4.03. The first-order valence-electron chi connectivity index (χ1n) is 5.93. The molecule has 0 atom stereocenters. The third-order valence-corrected chi connectivity index (χ3v) is 2.87. The van der Waals surface area contributed by atoms with E-state index in [2.05, 4.69) is 6.92 Å². The molecule has 1 aromatic heterocycles. The number of hydrogen-bond donors (Lipinski definition) is 0. The van der Waals surface area contributed by atoms with Gasteiger partial charge in [0.05, 0.1) is 19.6 Å². The Labute approximate surface area is 101 Å². The lowest BCUT2D eigenvalue weighted by atomic mass is 10.2. The minimum atomic E-state index is 0.753. The first-order chi connectivity index (χ1) is 8.30. The van der Waals surface area contributed by atoms with Gasteiger partial charge in [0.1, 0.15) is 11.5 Å². The summed E-state index contributed by atoms with van der Waals surface area (Å²) in [6.07, 6.45) is 3.24. The fourth-order valence-electron chi connectivity index (χ4n) is 1.94. The topological polar surface area (TPSA) is 31.6 Å². The Hall–Kier alpha value is -1.64. The standard InChI is InChI=1S/C14H18O3/c1-4-5-6-10-9-11-12(15-2)7-8-13(16-3)14(11)17-10/h7-9H,4-6H2,1-3H3. The zero-order chi connectivity index (χ0) is 12.3. The van der Waals surface area contributed by atoms with Crippen molar-refractivity contribution in [2.75, 3.05) is 14.2 Å². The second kappa shape index (κ2) is 5.13. The molecule has 0 fully saturated rings. The van der Waals surface area contributed by atoms with Crippen molar-refractivity contribution < 1.29 is 13.9 Å². The Morgan fingerprint density at radius 1 is 1.12 bits per heavy atom. The molecule has 0 spiro atoms. The van der Waals surface area contributed by atoms with Gasteiger partial charge in [-0.05, 0) is 24.6 Å². The number of aryl methyl sites for hydroxylation is 1. The van der Waals surface area contributed by atoms with Crippen molar-refractivity contribution in [3.63, 3.8) is 0 Å². The summed E-state index contributed by atoms with van der Waals surface area (Å²) in [5.74, 6) is 2.57. The summed E-state index contributed by atoms with van der Waals surface area (Å²) in [4.78, 5) is 0. The fraction of sp³-hybridized carbons (Fsp3) is 0.429. The van der Waals surface area contributed by atoms with E-state index in [-0.39, 0.29) is 0 Å². The summed E-state index contributed by atoms with van der Waals surface area (Å²) in [5, 5.41) is 0.984. The molecule has 2 aromatic rings. The van der Waals surface area contributed by atoms with Crippen molar-refractivity contribution >= 4 is 11.0 Å². The van der Waals surface area contributed by atoms with Crippen LogP contribution < -0.4 is 9.47 Å². The molecule has 0 amide bonds. The number of ether oxygens (including phenoxy) is 2. The minimum absolute atomic E-state index is 0.753. The molecular weight excluding hydrogens is 216 g/mol. The van der Waals surface area contributed by atoms with Crippen LogP contribution in [0.5, 0.6) is 11.5 Å². The van der Waals surface area contributed by atoms with E-state index in [1.807, 2.05) is 18.2 Å². The molecule has 0 unspecified atom stereocenters. The average Bonchev–Trinajstić information content (AvgIpc) is 2.78. The first kappa shape index (κ1) is 11.8. The maximum atomic E-state index is 5.83. The Bertz CT molecular complexity index is 458. The molecular formula is C14H18O3. The van der Waals surface area contributed by atoms with E-state index in [1.54, 1.807) is 14.2 Å². The molecule has 0 aliphatic carbocycles. The third kappa shape index (κ3) is 2.23. The number of fused-ring (bicyclic) bond motifs is 1. The van der Waals surface area contributed by atoms with Gasteiger partial charge in [0, 0.05) is 6.42 Å². The molecule has 92 valence electrons. The van der Waals surface area contributed by atoms with E-state index in [9.17, 15) is 0 Å². The molecule has 3 heteroatoms. The monoisotopic (exact) mass is 234 g/mol. The van der Waals surface area contributed by atoms with Crippen molar-refractivity contribution in [3.05, 3.63) is 24.0 Å². The molecule has 17 heavy (non-hydrogen) atoms. The molecule has 0 saturated heterocycles. The number of rotatable bonds is 5. The molecule has 3 nitrogen and oxygen atoms in total. The van der Waals surface area contributed by atoms with Gasteiger partial charge in [-0.25, -0.2) is 0 Å². The SMILES string of the molecule is CCCCc1cc2c(OC)ccc(OC)c2o1. The van der Waals surface area contributed by atoms with Crippen LogP contribution in [0, 0.1) is 0 Å². The van der Waals surface area contributed by atoms with Gasteiger partial charge in [0.2, 0.25) is 0 Å². The van der Waals surface area contributed by atoms with E-state index < -0.39 is 0 Å². The third-order valence-electron chi connectivity index (χ3n) is 2.87. The summed E-state index contributed by atoms with van der Waals surface area (Å²) >= 11 is 0. The first-order valence-corrected chi connectivity index (χ1v) is 5.93. The van der Waals surface area contributed by atoms with Gasteiger partial charge in [-0.15, -0.1) is 0 Å². The van der Waals surface area contributed by atoms with E-state index in [4.69, 9.17) is 13.9 Å². The summed E-state index contributed by atoms with van der Waals surface area (Å²) in [6.45, 7) is 2.17. The maximum Gasteiger partial charge on any atom is 0.179 e. The summed E-state index contributed by atoms with van der Waals surface area (Å²) in [7, 11) is 3.31. The maximum absolute atomic E-state index is 5.83. The molecule has 0 saturated carbocycles. The highest BCUT2D eigenvalue weighted by molar-refractivity contribution is 5.89. The molecule has 1 heterocycles. The van der Waals surface area contributed by atoms with Crippen LogP contribution in [0.25, 0.3) is 11.0 Å². The van der Waals surface area contributed by atoms with Crippen molar-refractivity contribution in [3.8, 4) is 11.5 Å². The van der Waals surface area contributed by atoms with Crippen LogP contribution in [-0.2, 0) is 6.42 Å². The highest BCUT2D eigenvalue weighted by Gasteiger charge is 2.13. The van der Waals surface area contributed by atoms with Crippen LogP contribution in [0.4, 0.5) is 0 Å². The summed E-state index contributed by atoms with van der Waals surface area (Å²) in [5.41, 5.74) is 0.776. The molecule has 0 aliphatic heterocycles. The predicted molar refractivity (Wildman–Crippen MR) is 67.9 cm³/mol. The normalized spacial score (nSPS) is 10.8. The second-order valence-corrected chi connectivity index (χ2v) is 4.03. The van der Waals surface area contributed by atoms with Crippen LogP contribution in [0.15, 0.2) is 22.6 Å². The highest BCUT2D eigenvalue weighted by Crippen LogP contribution is 2.35. The van der Waals surface area contributed by atoms with Gasteiger partial charge in [-0.2, -0.15) is 0 Å². The van der Waals surface area contributed by atoms with Crippen LogP contribution >= 0.6 is 0 Å². The van der Waals surface area contributed by atoms with Crippen LogP contribution in [0.2, 0.25) is 0 Å². The average molecular weight is 234 g/mol. The van der Waals surface area contributed by atoms with Crippen LogP contribution in [-0.4, -0.2) is 14.2 Å². The molecule has 0 aliphatic rings. The number of furan rings is 1. The van der Waals surface area contributed by atoms with E-state index in [1.165, 1.54) is 0 Å². The van der Waals surface area contributed by atoms with Crippen molar-refractivity contribution in [2.24, 2.45) is 0 Å². The number of hydrogen-bond acceptors (Lipinski definition) is 3. The summed E-state index contributed by atoms with van der Waals surface area (Å²) in [6, 6.07) is 5.82. The zero-order valence-electron chi connectivity index (χ0n) is 10.6. The quantitative estimate of drug-likeness (QED) is 0.788. The van der Waals surface area contributed by atoms with E-state index in [0.717, 1.165) is 47.5 Å². The van der Waals surface area contributed by atoms with E-state index >= 15 is 0 Å². The minimum Gasteiger partial charge on any atom is -0.496 e. The molecule has 2 rings (SSSR count).